The number of hydrogen-bond donors (Lipinski definition) is 1. The van der Waals surface area contributed by atoms with Gasteiger partial charge in [-0.1, -0.05) is 24.9 Å². The van der Waals surface area contributed by atoms with E-state index >= 15 is 0 Å². The van der Waals surface area contributed by atoms with E-state index in [4.69, 9.17) is 16.3 Å². The molecule has 1 heterocycles. The minimum Gasteiger partial charge on any atom is -0.365 e. The summed E-state index contributed by atoms with van der Waals surface area (Å²) >= 11 is 5.87. The molecular formula is C16H21ClN2O3. The number of amides is 2. The molecule has 1 aromatic carbocycles. The Bertz CT molecular complexity index is 519. The predicted octanol–water partition coefficient (Wildman–Crippen LogP) is 2.38. The summed E-state index contributed by atoms with van der Waals surface area (Å²) in [6.45, 7) is 2.92. The fourth-order valence-electron chi connectivity index (χ4n) is 2.27. The molecule has 6 heteroatoms. The molecule has 0 radical (unpaired) electrons. The summed E-state index contributed by atoms with van der Waals surface area (Å²) in [4.78, 5) is 25.3. The van der Waals surface area contributed by atoms with Crippen molar-refractivity contribution in [3.63, 3.8) is 0 Å². The Kier molecular flexibility index (Phi) is 6.21. The number of carbonyl (C=O) groups excluding carboxylic acids is 2. The second-order valence-corrected chi connectivity index (χ2v) is 5.76. The molecule has 1 aliphatic heterocycles. The lowest BCUT2D eigenvalue weighted by atomic mass is 10.2. The average molecular weight is 325 g/mol. The molecule has 1 unspecified atom stereocenters. The maximum atomic E-state index is 12.0. The molecule has 22 heavy (non-hydrogen) atoms. The molecule has 1 fully saturated rings. The largest absolute Gasteiger partial charge is 0.365 e. The molecule has 0 saturated carbocycles. The first-order valence-electron chi connectivity index (χ1n) is 7.54. The maximum absolute atomic E-state index is 12.0. The number of nitrogens with zero attached hydrogens (tertiary/aromatic N) is 1. The van der Waals surface area contributed by atoms with Crippen molar-refractivity contribution >= 4 is 29.1 Å². The topological polar surface area (TPSA) is 58.6 Å². The first kappa shape index (κ1) is 16.8. The lowest BCUT2D eigenvalue weighted by molar-refractivity contribution is -0.129. The van der Waals surface area contributed by atoms with Crippen molar-refractivity contribution in [2.75, 3.05) is 24.6 Å². The van der Waals surface area contributed by atoms with Gasteiger partial charge in [-0.2, -0.15) is 0 Å². The average Bonchev–Trinajstić information content (AvgIpc) is 2.53. The number of halogens is 1. The fraction of sp³-hybridized carbons (Fsp3) is 0.500. The Morgan fingerprint density at radius 1 is 1.41 bits per heavy atom. The molecule has 0 bridgehead atoms. The molecule has 1 saturated heterocycles. The van der Waals surface area contributed by atoms with Crippen molar-refractivity contribution in [1.82, 2.24) is 5.32 Å². The van der Waals surface area contributed by atoms with Crippen molar-refractivity contribution in [2.24, 2.45) is 0 Å². The second-order valence-electron chi connectivity index (χ2n) is 5.32. The molecule has 1 aliphatic rings. The Labute approximate surface area is 135 Å². The number of ether oxygens (including phenoxy) is 1. The van der Waals surface area contributed by atoms with Crippen LogP contribution >= 0.6 is 11.6 Å². The fourth-order valence-corrected chi connectivity index (χ4v) is 2.40. The molecule has 120 valence electrons. The van der Waals surface area contributed by atoms with Crippen LogP contribution in [0.5, 0.6) is 0 Å². The van der Waals surface area contributed by atoms with Crippen LogP contribution < -0.4 is 10.2 Å². The molecular weight excluding hydrogens is 304 g/mol. The molecule has 1 aromatic rings. The Morgan fingerprint density at radius 3 is 2.82 bits per heavy atom. The highest BCUT2D eigenvalue weighted by atomic mass is 35.5. The number of rotatable bonds is 6. The molecule has 0 aromatic heterocycles. The molecule has 0 spiro atoms. The first-order chi connectivity index (χ1) is 10.6. The van der Waals surface area contributed by atoms with Crippen LogP contribution in [0.15, 0.2) is 24.3 Å². The second kappa shape index (κ2) is 8.15. The van der Waals surface area contributed by atoms with Gasteiger partial charge >= 0.3 is 0 Å². The molecule has 1 atom stereocenters. The smallest absolute Gasteiger partial charge is 0.253 e. The van der Waals surface area contributed by atoms with E-state index in [0.717, 1.165) is 18.5 Å². The zero-order chi connectivity index (χ0) is 15.9. The minimum absolute atomic E-state index is 0.0259. The molecule has 2 amide bonds. The number of hydrogen-bond acceptors (Lipinski definition) is 3. The van der Waals surface area contributed by atoms with Crippen molar-refractivity contribution in [3.8, 4) is 0 Å². The zero-order valence-corrected chi connectivity index (χ0v) is 13.4. The third kappa shape index (κ3) is 4.71. The summed E-state index contributed by atoms with van der Waals surface area (Å²) in [5.74, 6) is -0.0590. The number of carbonyl (C=O) groups is 2. The summed E-state index contributed by atoms with van der Waals surface area (Å²) in [5, 5.41) is 3.49. The van der Waals surface area contributed by atoms with Crippen molar-refractivity contribution in [2.45, 2.75) is 32.3 Å². The summed E-state index contributed by atoms with van der Waals surface area (Å²) in [7, 11) is 0. The highest BCUT2D eigenvalue weighted by Gasteiger charge is 2.27. The summed E-state index contributed by atoms with van der Waals surface area (Å²) in [6.07, 6.45) is 2.21. The Morgan fingerprint density at radius 2 is 2.14 bits per heavy atom. The number of unbranched alkanes of at least 4 members (excludes halogenated alkanes) is 1. The van der Waals surface area contributed by atoms with E-state index in [0.29, 0.717) is 24.5 Å². The Hall–Kier alpha value is -1.59. The SMILES string of the molecule is CCCCC(=O)NCC1CN(c2ccc(Cl)cc2)C(=O)CO1. The van der Waals surface area contributed by atoms with E-state index < -0.39 is 0 Å². The van der Waals surface area contributed by atoms with Crippen LogP contribution in [0, 0.1) is 0 Å². The van der Waals surface area contributed by atoms with Crippen LogP contribution in [0.25, 0.3) is 0 Å². The van der Waals surface area contributed by atoms with Gasteiger partial charge in [-0.15, -0.1) is 0 Å². The third-order valence-corrected chi connectivity index (χ3v) is 3.80. The Balaban J connectivity index is 1.89. The predicted molar refractivity (Wildman–Crippen MR) is 86.1 cm³/mol. The quantitative estimate of drug-likeness (QED) is 0.874. The van der Waals surface area contributed by atoms with Gasteiger partial charge in [0.15, 0.2) is 0 Å². The van der Waals surface area contributed by atoms with Crippen LogP contribution in [0.2, 0.25) is 5.02 Å². The van der Waals surface area contributed by atoms with Crippen LogP contribution in [0.4, 0.5) is 5.69 Å². The number of anilines is 1. The van der Waals surface area contributed by atoms with Crippen molar-refractivity contribution in [3.05, 3.63) is 29.3 Å². The molecule has 1 N–H and O–H groups in total. The molecule has 2 rings (SSSR count). The van der Waals surface area contributed by atoms with Crippen LogP contribution in [-0.2, 0) is 14.3 Å². The van der Waals surface area contributed by atoms with Gasteiger partial charge in [0.05, 0.1) is 12.6 Å². The van der Waals surface area contributed by atoms with E-state index in [-0.39, 0.29) is 24.5 Å². The minimum atomic E-state index is -0.195. The number of benzene rings is 1. The van der Waals surface area contributed by atoms with Gasteiger partial charge < -0.3 is 15.0 Å². The van der Waals surface area contributed by atoms with E-state index in [1.54, 1.807) is 17.0 Å². The van der Waals surface area contributed by atoms with E-state index in [1.807, 2.05) is 19.1 Å². The highest BCUT2D eigenvalue weighted by molar-refractivity contribution is 6.30. The van der Waals surface area contributed by atoms with Gasteiger partial charge in [-0.05, 0) is 30.7 Å². The van der Waals surface area contributed by atoms with Crippen molar-refractivity contribution < 1.29 is 14.3 Å². The van der Waals surface area contributed by atoms with Crippen LogP contribution in [-0.4, -0.2) is 37.6 Å². The van der Waals surface area contributed by atoms with Crippen LogP contribution in [0.3, 0.4) is 0 Å². The zero-order valence-electron chi connectivity index (χ0n) is 12.7. The lowest BCUT2D eigenvalue weighted by Crippen LogP contribution is -2.50. The van der Waals surface area contributed by atoms with E-state index in [9.17, 15) is 9.59 Å². The van der Waals surface area contributed by atoms with E-state index in [1.165, 1.54) is 0 Å². The molecule has 5 nitrogen and oxygen atoms in total. The summed E-state index contributed by atoms with van der Waals surface area (Å²) < 4.78 is 5.49. The normalized spacial score (nSPS) is 18.4. The van der Waals surface area contributed by atoms with Gasteiger partial charge in [0.1, 0.15) is 6.61 Å². The number of morpholine rings is 1. The van der Waals surface area contributed by atoms with Gasteiger partial charge in [0, 0.05) is 23.7 Å². The van der Waals surface area contributed by atoms with E-state index in [2.05, 4.69) is 5.32 Å². The van der Waals surface area contributed by atoms with Gasteiger partial charge in [0.25, 0.3) is 5.91 Å². The first-order valence-corrected chi connectivity index (χ1v) is 7.92. The van der Waals surface area contributed by atoms with Gasteiger partial charge in [-0.25, -0.2) is 0 Å². The standard InChI is InChI=1S/C16H21ClN2O3/c1-2-3-4-15(20)18-9-14-10-19(16(21)11-22-14)13-7-5-12(17)6-8-13/h5-8,14H,2-4,9-11H2,1H3,(H,18,20). The van der Waals surface area contributed by atoms with Gasteiger partial charge in [0.2, 0.25) is 5.91 Å². The third-order valence-electron chi connectivity index (χ3n) is 3.55. The molecule has 0 aliphatic carbocycles. The maximum Gasteiger partial charge on any atom is 0.253 e. The highest BCUT2D eigenvalue weighted by Crippen LogP contribution is 2.21. The summed E-state index contributed by atoms with van der Waals surface area (Å²) in [6, 6.07) is 7.12. The monoisotopic (exact) mass is 324 g/mol. The van der Waals surface area contributed by atoms with Gasteiger partial charge in [-0.3, -0.25) is 9.59 Å². The number of nitrogens with one attached hydrogen (secondary N) is 1. The van der Waals surface area contributed by atoms with Crippen LogP contribution in [0.1, 0.15) is 26.2 Å². The lowest BCUT2D eigenvalue weighted by Gasteiger charge is -2.32. The van der Waals surface area contributed by atoms with Crippen molar-refractivity contribution in [1.29, 1.82) is 0 Å². The summed E-state index contributed by atoms with van der Waals surface area (Å²) in [5.41, 5.74) is 0.792.